The van der Waals surface area contributed by atoms with E-state index in [9.17, 15) is 27.6 Å². The lowest BCUT2D eigenvalue weighted by Crippen LogP contribution is -2.46. The van der Waals surface area contributed by atoms with E-state index in [-0.39, 0.29) is 17.5 Å². The van der Waals surface area contributed by atoms with Crippen molar-refractivity contribution in [3.05, 3.63) is 29.8 Å². The number of halogens is 3. The molecular formula is C18H21F3N2O4. The molecule has 0 bridgehead atoms. The summed E-state index contributed by atoms with van der Waals surface area (Å²) in [6.45, 7) is 0.704. The molecule has 6 nitrogen and oxygen atoms in total. The van der Waals surface area contributed by atoms with Gasteiger partial charge in [-0.25, -0.2) is 4.79 Å². The predicted octanol–water partition coefficient (Wildman–Crippen LogP) is 2.88. The second kappa shape index (κ2) is 8.88. The third-order valence-electron chi connectivity index (χ3n) is 4.33. The van der Waals surface area contributed by atoms with Gasteiger partial charge in [0.25, 0.3) is 5.91 Å². The average Bonchev–Trinajstić information content (AvgIpc) is 3.11. The quantitative estimate of drug-likeness (QED) is 0.737. The number of esters is 1. The van der Waals surface area contributed by atoms with Gasteiger partial charge in [0, 0.05) is 12.6 Å². The van der Waals surface area contributed by atoms with Crippen LogP contribution in [0.4, 0.5) is 18.9 Å². The van der Waals surface area contributed by atoms with Gasteiger partial charge in [0.2, 0.25) is 5.91 Å². The van der Waals surface area contributed by atoms with Gasteiger partial charge in [-0.05, 0) is 43.0 Å². The molecule has 1 saturated carbocycles. The highest BCUT2D eigenvalue weighted by Crippen LogP contribution is 2.30. The topological polar surface area (TPSA) is 84.5 Å². The minimum absolute atomic E-state index is 0.0284. The van der Waals surface area contributed by atoms with Crippen molar-refractivity contribution >= 4 is 23.5 Å². The summed E-state index contributed by atoms with van der Waals surface area (Å²) in [5, 5.41) is 4.92. The van der Waals surface area contributed by atoms with Gasteiger partial charge in [-0.15, -0.1) is 0 Å². The van der Waals surface area contributed by atoms with Crippen LogP contribution in [0.15, 0.2) is 24.3 Å². The van der Waals surface area contributed by atoms with Crippen LogP contribution in [0, 0.1) is 5.92 Å². The Hall–Kier alpha value is -2.58. The third kappa shape index (κ3) is 6.26. The molecule has 1 aromatic carbocycles. The molecule has 1 unspecified atom stereocenters. The summed E-state index contributed by atoms with van der Waals surface area (Å²) in [4.78, 5) is 35.4. The molecule has 0 aromatic heterocycles. The monoisotopic (exact) mass is 386 g/mol. The molecule has 0 saturated heterocycles. The third-order valence-corrected chi connectivity index (χ3v) is 4.33. The molecule has 2 rings (SSSR count). The zero-order chi connectivity index (χ0) is 20.0. The standard InChI is InChI=1S/C18H21F3N2O4/c1-11(24)22-16(12-4-2-3-5-12)17(26)27-10-15(25)23-14-8-6-13(7-9-14)18(19,20)21/h6-9,12,16H,2-5,10H2,1H3,(H,22,24)(H,23,25). The van der Waals surface area contributed by atoms with Gasteiger partial charge in [-0.1, -0.05) is 12.8 Å². The van der Waals surface area contributed by atoms with Crippen molar-refractivity contribution in [1.29, 1.82) is 0 Å². The number of carbonyl (C=O) groups excluding carboxylic acids is 3. The predicted molar refractivity (Wildman–Crippen MR) is 90.6 cm³/mol. The highest BCUT2D eigenvalue weighted by atomic mass is 19.4. The summed E-state index contributed by atoms with van der Waals surface area (Å²) in [5.74, 6) is -1.77. The van der Waals surface area contributed by atoms with E-state index in [0.29, 0.717) is 0 Å². The van der Waals surface area contributed by atoms with Crippen molar-refractivity contribution in [2.24, 2.45) is 5.92 Å². The van der Waals surface area contributed by atoms with Gasteiger partial charge in [0.15, 0.2) is 6.61 Å². The number of hydrogen-bond acceptors (Lipinski definition) is 4. The zero-order valence-corrected chi connectivity index (χ0v) is 14.8. The second-order valence-corrected chi connectivity index (χ2v) is 6.45. The number of nitrogens with one attached hydrogen (secondary N) is 2. The molecular weight excluding hydrogens is 365 g/mol. The molecule has 1 aliphatic carbocycles. The van der Waals surface area contributed by atoms with E-state index < -0.39 is 36.3 Å². The van der Waals surface area contributed by atoms with Crippen molar-refractivity contribution in [3.8, 4) is 0 Å². The molecule has 0 aliphatic heterocycles. The Balaban J connectivity index is 1.87. The maximum atomic E-state index is 12.5. The number of rotatable bonds is 6. The van der Waals surface area contributed by atoms with E-state index in [0.717, 1.165) is 49.9 Å². The molecule has 0 heterocycles. The van der Waals surface area contributed by atoms with E-state index >= 15 is 0 Å². The van der Waals surface area contributed by atoms with Crippen molar-refractivity contribution in [3.63, 3.8) is 0 Å². The average molecular weight is 386 g/mol. The summed E-state index contributed by atoms with van der Waals surface area (Å²) in [7, 11) is 0. The first kappa shape index (κ1) is 20.7. The van der Waals surface area contributed by atoms with Gasteiger partial charge >= 0.3 is 12.1 Å². The van der Waals surface area contributed by atoms with Crippen molar-refractivity contribution in [1.82, 2.24) is 5.32 Å². The molecule has 148 valence electrons. The Morgan fingerprint density at radius 2 is 1.74 bits per heavy atom. The Morgan fingerprint density at radius 1 is 1.15 bits per heavy atom. The van der Waals surface area contributed by atoms with Crippen molar-refractivity contribution in [2.45, 2.75) is 44.8 Å². The summed E-state index contributed by atoms with van der Waals surface area (Å²) in [6, 6.07) is 3.11. The molecule has 2 amide bonds. The van der Waals surface area contributed by atoms with Crippen LogP contribution in [-0.4, -0.2) is 30.4 Å². The van der Waals surface area contributed by atoms with E-state index in [1.54, 1.807) is 0 Å². The first-order valence-corrected chi connectivity index (χ1v) is 8.57. The minimum atomic E-state index is -4.46. The molecule has 1 aliphatic rings. The van der Waals surface area contributed by atoms with Gasteiger partial charge in [0.1, 0.15) is 6.04 Å². The maximum Gasteiger partial charge on any atom is 0.416 e. The molecule has 0 radical (unpaired) electrons. The molecule has 9 heteroatoms. The van der Waals surface area contributed by atoms with Crippen LogP contribution < -0.4 is 10.6 Å². The fourth-order valence-corrected chi connectivity index (χ4v) is 3.05. The summed E-state index contributed by atoms with van der Waals surface area (Å²) >= 11 is 0. The summed E-state index contributed by atoms with van der Waals surface area (Å²) in [5.41, 5.74) is -0.681. The van der Waals surface area contributed by atoms with E-state index in [1.807, 2.05) is 0 Å². The van der Waals surface area contributed by atoms with E-state index in [1.165, 1.54) is 6.92 Å². The highest BCUT2D eigenvalue weighted by Gasteiger charge is 2.33. The Labute approximate surface area is 154 Å². The van der Waals surface area contributed by atoms with E-state index in [2.05, 4.69) is 10.6 Å². The fourth-order valence-electron chi connectivity index (χ4n) is 3.05. The van der Waals surface area contributed by atoms with Crippen molar-refractivity contribution in [2.75, 3.05) is 11.9 Å². The van der Waals surface area contributed by atoms with Crippen LogP contribution in [0.25, 0.3) is 0 Å². The fraction of sp³-hybridized carbons (Fsp3) is 0.500. The van der Waals surface area contributed by atoms with Gasteiger partial charge in [-0.2, -0.15) is 13.2 Å². The largest absolute Gasteiger partial charge is 0.454 e. The Morgan fingerprint density at radius 3 is 2.26 bits per heavy atom. The molecule has 0 spiro atoms. The van der Waals surface area contributed by atoms with Gasteiger partial charge in [-0.3, -0.25) is 9.59 Å². The number of ether oxygens (including phenoxy) is 1. The normalized spacial score (nSPS) is 15.9. The number of anilines is 1. The molecule has 27 heavy (non-hydrogen) atoms. The number of benzene rings is 1. The SMILES string of the molecule is CC(=O)NC(C(=O)OCC(=O)Nc1ccc(C(F)(F)F)cc1)C1CCCC1. The maximum absolute atomic E-state index is 12.5. The molecule has 1 fully saturated rings. The summed E-state index contributed by atoms with van der Waals surface area (Å²) in [6.07, 6.45) is -0.961. The second-order valence-electron chi connectivity index (χ2n) is 6.45. The Kier molecular flexibility index (Phi) is 6.81. The van der Waals surface area contributed by atoms with Crippen LogP contribution in [0.5, 0.6) is 0 Å². The lowest BCUT2D eigenvalue weighted by atomic mass is 9.98. The lowest BCUT2D eigenvalue weighted by Gasteiger charge is -2.22. The van der Waals surface area contributed by atoms with Crippen LogP contribution in [0.2, 0.25) is 0 Å². The summed E-state index contributed by atoms with van der Waals surface area (Å²) < 4.78 is 42.5. The van der Waals surface area contributed by atoms with Crippen LogP contribution >= 0.6 is 0 Å². The minimum Gasteiger partial charge on any atom is -0.454 e. The number of hydrogen-bond donors (Lipinski definition) is 2. The smallest absolute Gasteiger partial charge is 0.416 e. The number of carbonyl (C=O) groups is 3. The van der Waals surface area contributed by atoms with Crippen LogP contribution in [0.3, 0.4) is 0 Å². The number of alkyl halides is 3. The van der Waals surface area contributed by atoms with Crippen molar-refractivity contribution < 1.29 is 32.3 Å². The molecule has 2 N–H and O–H groups in total. The first-order valence-electron chi connectivity index (χ1n) is 8.57. The zero-order valence-electron chi connectivity index (χ0n) is 14.8. The Bertz CT molecular complexity index is 683. The van der Waals surface area contributed by atoms with Gasteiger partial charge < -0.3 is 15.4 Å². The number of amides is 2. The first-order chi connectivity index (χ1) is 12.7. The van der Waals surface area contributed by atoms with Gasteiger partial charge in [0.05, 0.1) is 5.56 Å². The van der Waals surface area contributed by atoms with Crippen LogP contribution in [-0.2, 0) is 25.3 Å². The van der Waals surface area contributed by atoms with E-state index in [4.69, 9.17) is 4.74 Å². The van der Waals surface area contributed by atoms with Crippen LogP contribution in [0.1, 0.15) is 38.2 Å². The molecule has 1 atom stereocenters. The lowest BCUT2D eigenvalue weighted by molar-refractivity contribution is -0.152. The molecule has 1 aromatic rings. The highest BCUT2D eigenvalue weighted by molar-refractivity contribution is 5.93.